The normalized spacial score (nSPS) is 8.12. The minimum atomic E-state index is -1.29. The van der Waals surface area contributed by atoms with E-state index in [0.29, 0.717) is 6.54 Å². The van der Waals surface area contributed by atoms with Crippen LogP contribution in [0.4, 0.5) is 0 Å². The molecule has 0 amide bonds. The maximum atomic E-state index is 10.5. The summed E-state index contributed by atoms with van der Waals surface area (Å²) in [6.07, 6.45) is 0. The second-order valence-corrected chi connectivity index (χ2v) is 7.72. The van der Waals surface area contributed by atoms with Crippen LogP contribution in [0.15, 0.2) is 4.36 Å². The summed E-state index contributed by atoms with van der Waals surface area (Å²) >= 11 is 9.03. The van der Waals surface area contributed by atoms with E-state index in [1.807, 2.05) is 0 Å². The molecule has 0 N–H and O–H groups in total. The third-order valence-electron chi connectivity index (χ3n) is 0.351. The maximum Gasteiger partial charge on any atom is 0.166 e. The zero-order valence-corrected chi connectivity index (χ0v) is 7.46. The van der Waals surface area contributed by atoms with Crippen LogP contribution in [0.2, 0.25) is 0 Å². The molecule has 0 spiro atoms. The van der Waals surface area contributed by atoms with E-state index in [9.17, 15) is 4.21 Å². The first kappa shape index (κ1) is 8.48. The summed E-state index contributed by atoms with van der Waals surface area (Å²) in [7, 11) is -1.29. The third kappa shape index (κ3) is 3.48. The number of hydrogen-bond donors (Lipinski definition) is 0. The first-order valence-corrected chi connectivity index (χ1v) is 6.57. The summed E-state index contributed by atoms with van der Waals surface area (Å²) in [5, 5.41) is 0. The molecule has 2 nitrogen and oxygen atoms in total. The lowest BCUT2D eigenvalue weighted by Gasteiger charge is -1.64. The van der Waals surface area contributed by atoms with Gasteiger partial charge in [-0.05, 0) is 6.92 Å². The molecule has 0 aliphatic rings. The summed E-state index contributed by atoms with van der Waals surface area (Å²) in [5.74, 6) is 0. The summed E-state index contributed by atoms with van der Waals surface area (Å²) < 4.78 is 14.1. The highest BCUT2D eigenvalue weighted by Gasteiger charge is 1.62. The molecule has 0 aromatic heterocycles. The molecule has 0 heterocycles. The molecule has 0 rings (SSSR count). The zero-order valence-electron chi connectivity index (χ0n) is 4.20. The van der Waals surface area contributed by atoms with Crippen molar-refractivity contribution in [3.8, 4) is 0 Å². The predicted molar refractivity (Wildman–Crippen MR) is 43.2 cm³/mol. The zero-order chi connectivity index (χ0) is 6.57. The Labute approximate surface area is 60.2 Å². The van der Waals surface area contributed by atoms with E-state index in [1.165, 1.54) is 0 Å². The van der Waals surface area contributed by atoms with Crippen molar-refractivity contribution in [2.24, 2.45) is 4.36 Å². The van der Waals surface area contributed by atoms with Gasteiger partial charge in [-0.3, -0.25) is 0 Å². The van der Waals surface area contributed by atoms with Crippen LogP contribution in [0, 0.1) is 0 Å². The van der Waals surface area contributed by atoms with Crippen molar-refractivity contribution < 1.29 is 4.21 Å². The van der Waals surface area contributed by atoms with Gasteiger partial charge in [-0.2, -0.15) is 8.57 Å². The molecule has 0 saturated carbocycles. The molecular weight excluding hydrogens is 182 g/mol. The molecule has 6 heteroatoms. The first-order chi connectivity index (χ1) is 3.68. The van der Waals surface area contributed by atoms with Gasteiger partial charge in [0.15, 0.2) is 9.16 Å². The Balaban J connectivity index is 5.10. The van der Waals surface area contributed by atoms with Gasteiger partial charge in [0.25, 0.3) is 0 Å². The van der Waals surface area contributed by atoms with Crippen LogP contribution in [-0.2, 0) is 38.1 Å². The Kier molecular flexibility index (Phi) is 4.63. The van der Waals surface area contributed by atoms with Crippen molar-refractivity contribution in [1.29, 1.82) is 0 Å². The fourth-order valence-electron chi connectivity index (χ4n) is 0.148. The minimum Gasteiger partial charge on any atom is -0.197 e. The molecule has 0 unspecified atom stereocenters. The van der Waals surface area contributed by atoms with Crippen LogP contribution >= 0.6 is 0 Å². The monoisotopic (exact) mass is 187 g/mol. The van der Waals surface area contributed by atoms with Gasteiger partial charge in [0.2, 0.25) is 0 Å². The first-order valence-electron chi connectivity index (χ1n) is 1.87. The average molecular weight is 187 g/mol. The summed E-state index contributed by atoms with van der Waals surface area (Å²) in [4.78, 5) is 0. The topological polar surface area (TPSA) is 29.4 Å². The van der Waals surface area contributed by atoms with Gasteiger partial charge in [0, 0.05) is 28.9 Å². The van der Waals surface area contributed by atoms with Crippen molar-refractivity contribution in [2.45, 2.75) is 6.92 Å². The van der Waals surface area contributed by atoms with Gasteiger partial charge in [-0.25, -0.2) is 0 Å². The fourth-order valence-corrected chi connectivity index (χ4v) is 1.79. The maximum absolute atomic E-state index is 10.5. The molecule has 0 aromatic rings. The van der Waals surface area contributed by atoms with E-state index in [4.69, 9.17) is 0 Å². The van der Waals surface area contributed by atoms with Crippen LogP contribution in [0.25, 0.3) is 0 Å². The van der Waals surface area contributed by atoms with Crippen molar-refractivity contribution in [1.82, 2.24) is 0 Å². The second kappa shape index (κ2) is 4.37. The predicted octanol–water partition coefficient (Wildman–Crippen LogP) is 0.396. The minimum absolute atomic E-state index is 0.531. The van der Waals surface area contributed by atoms with E-state index >= 15 is 0 Å². The molecule has 0 aliphatic carbocycles. The quantitative estimate of drug-likeness (QED) is 0.595. The van der Waals surface area contributed by atoms with Crippen molar-refractivity contribution >= 4 is 38.1 Å². The van der Waals surface area contributed by atoms with E-state index < -0.39 is 15.7 Å². The van der Waals surface area contributed by atoms with Gasteiger partial charge in [-0.1, -0.05) is 0 Å². The van der Waals surface area contributed by atoms with Crippen LogP contribution in [0.3, 0.4) is 0 Å². The molecule has 0 atom stereocenters. The molecule has 0 saturated heterocycles. The van der Waals surface area contributed by atoms with Gasteiger partial charge in [0.05, 0.1) is 6.54 Å². The van der Waals surface area contributed by atoms with Gasteiger partial charge in [-0.15, -0.1) is 0 Å². The molecule has 48 valence electrons. The molecule has 0 bridgehead atoms. The van der Waals surface area contributed by atoms with Crippen molar-refractivity contribution in [2.75, 3.05) is 6.54 Å². The van der Waals surface area contributed by atoms with E-state index in [2.05, 4.69) is 26.7 Å². The standard InChI is InChI=1S/C2H5NOS4/c1-2-3-7(4)8(5)6/h2H2,1H3. The highest BCUT2D eigenvalue weighted by atomic mass is 33.3. The second-order valence-electron chi connectivity index (χ2n) is 0.867. The van der Waals surface area contributed by atoms with Gasteiger partial charge < -0.3 is 0 Å². The molecule has 0 aromatic carbocycles. The Bertz CT molecular complexity index is 274. The molecule has 8 heavy (non-hydrogen) atoms. The summed E-state index contributed by atoms with van der Waals surface area (Å²) in [6.45, 7) is 1.44. The van der Waals surface area contributed by atoms with Crippen LogP contribution in [0.5, 0.6) is 0 Å². The summed E-state index contributed by atoms with van der Waals surface area (Å²) in [6, 6.07) is 0. The lowest BCUT2D eigenvalue weighted by Crippen LogP contribution is -1.63. The third-order valence-corrected chi connectivity index (χ3v) is 4.16. The Hall–Kier alpha value is 0.480. The molecular formula is C2H5NOS4. The Morgan fingerprint density at radius 3 is 2.25 bits per heavy atom. The van der Waals surface area contributed by atoms with Gasteiger partial charge >= 0.3 is 0 Å². The Morgan fingerprint density at radius 2 is 2.12 bits per heavy atom. The van der Waals surface area contributed by atoms with Crippen molar-refractivity contribution in [3.63, 3.8) is 0 Å². The lowest BCUT2D eigenvalue weighted by atomic mass is 10.8. The number of hydrogen-bond acceptors (Lipinski definition) is 4. The largest absolute Gasteiger partial charge is 0.197 e. The van der Waals surface area contributed by atoms with Crippen LogP contribution in [-0.4, -0.2) is 10.8 Å². The van der Waals surface area contributed by atoms with Crippen LogP contribution in [0.1, 0.15) is 6.92 Å². The summed E-state index contributed by atoms with van der Waals surface area (Å²) in [5.41, 5.74) is 0. The highest BCUT2D eigenvalue weighted by molar-refractivity contribution is 8.62. The average Bonchev–Trinajstić information content (AvgIpc) is 1.67. The number of rotatable bonds is 1. The highest BCUT2D eigenvalue weighted by Crippen LogP contribution is 1.63. The van der Waals surface area contributed by atoms with Gasteiger partial charge in [0.1, 0.15) is 0 Å². The fraction of sp³-hybridized carbons (Fsp3) is 1.00. The SMILES string of the molecule is CCN=S(=O)=S(=S)=S. The van der Waals surface area contributed by atoms with E-state index in [-0.39, 0.29) is 0 Å². The smallest absolute Gasteiger partial charge is 0.166 e. The van der Waals surface area contributed by atoms with E-state index in [0.717, 1.165) is 0 Å². The lowest BCUT2D eigenvalue weighted by molar-refractivity contribution is 0.696. The van der Waals surface area contributed by atoms with E-state index in [1.54, 1.807) is 6.92 Å². The molecule has 0 aliphatic heterocycles. The van der Waals surface area contributed by atoms with Crippen LogP contribution < -0.4 is 0 Å². The van der Waals surface area contributed by atoms with Crippen molar-refractivity contribution in [3.05, 3.63) is 0 Å². The number of nitrogens with zero attached hydrogens (tertiary/aromatic N) is 1. The molecule has 0 radical (unpaired) electrons. The Morgan fingerprint density at radius 1 is 1.62 bits per heavy atom. The molecule has 0 fully saturated rings.